The molecule has 1 aliphatic rings. The monoisotopic (exact) mass is 341 g/mol. The van der Waals surface area contributed by atoms with Gasteiger partial charge < -0.3 is 19.1 Å². The highest BCUT2D eigenvalue weighted by Gasteiger charge is 2.15. The minimum atomic E-state index is 0.0444. The Morgan fingerprint density at radius 1 is 1.12 bits per heavy atom. The van der Waals surface area contributed by atoms with Crippen LogP contribution in [0.3, 0.4) is 0 Å². The van der Waals surface area contributed by atoms with Crippen molar-refractivity contribution in [1.82, 2.24) is 4.90 Å². The molecule has 2 aromatic rings. The van der Waals surface area contributed by atoms with E-state index in [1.54, 1.807) is 11.9 Å². The van der Waals surface area contributed by atoms with Crippen LogP contribution < -0.4 is 14.2 Å². The first kappa shape index (κ1) is 17.1. The van der Waals surface area contributed by atoms with Crippen molar-refractivity contribution in [2.75, 3.05) is 20.4 Å². The Kier molecular flexibility index (Phi) is 5.12. The Balaban J connectivity index is 1.50. The zero-order valence-corrected chi connectivity index (χ0v) is 14.9. The van der Waals surface area contributed by atoms with Crippen molar-refractivity contribution in [3.63, 3.8) is 0 Å². The average Bonchev–Trinajstić information content (AvgIpc) is 3.05. The number of rotatable bonds is 6. The number of hydrogen-bond acceptors (Lipinski definition) is 4. The van der Waals surface area contributed by atoms with Gasteiger partial charge in [0.1, 0.15) is 5.75 Å². The number of hydrogen-bond donors (Lipinski definition) is 0. The summed E-state index contributed by atoms with van der Waals surface area (Å²) in [5.41, 5.74) is 3.23. The summed E-state index contributed by atoms with van der Waals surface area (Å²) in [4.78, 5) is 14.0. The lowest BCUT2D eigenvalue weighted by Gasteiger charge is -2.18. The van der Waals surface area contributed by atoms with Crippen molar-refractivity contribution < 1.29 is 19.0 Å². The van der Waals surface area contributed by atoms with Crippen molar-refractivity contribution in [3.05, 3.63) is 53.1 Å². The second kappa shape index (κ2) is 7.47. The maximum Gasteiger partial charge on any atom is 0.231 e. The van der Waals surface area contributed by atoms with E-state index in [1.165, 1.54) is 0 Å². The number of carbonyl (C=O) groups is 1. The van der Waals surface area contributed by atoms with Gasteiger partial charge in [-0.25, -0.2) is 0 Å². The number of carbonyl (C=O) groups excluding carboxylic acids is 1. The molecular weight excluding hydrogens is 318 g/mol. The Hall–Kier alpha value is -2.69. The van der Waals surface area contributed by atoms with Gasteiger partial charge in [0.2, 0.25) is 12.7 Å². The normalized spacial score (nSPS) is 12.1. The number of benzene rings is 2. The maximum atomic E-state index is 12.3. The predicted molar refractivity (Wildman–Crippen MR) is 95.1 cm³/mol. The van der Waals surface area contributed by atoms with Crippen LogP contribution in [0.4, 0.5) is 0 Å². The van der Waals surface area contributed by atoms with Gasteiger partial charge in [-0.05, 0) is 48.7 Å². The lowest BCUT2D eigenvalue weighted by molar-refractivity contribution is -0.130. The Morgan fingerprint density at radius 2 is 1.92 bits per heavy atom. The van der Waals surface area contributed by atoms with Crippen molar-refractivity contribution in [3.8, 4) is 17.2 Å². The molecule has 0 saturated heterocycles. The first-order chi connectivity index (χ1) is 12.0. The molecule has 5 nitrogen and oxygen atoms in total. The van der Waals surface area contributed by atoms with Crippen LogP contribution in [0.15, 0.2) is 36.4 Å². The number of aryl methyl sites for hydroxylation is 2. The predicted octanol–water partition coefficient (Wildman–Crippen LogP) is 3.46. The first-order valence-electron chi connectivity index (χ1n) is 8.35. The van der Waals surface area contributed by atoms with Crippen molar-refractivity contribution in [1.29, 1.82) is 0 Å². The third-order valence-corrected chi connectivity index (χ3v) is 4.20. The summed E-state index contributed by atoms with van der Waals surface area (Å²) in [5, 5.41) is 0. The van der Waals surface area contributed by atoms with Crippen molar-refractivity contribution in [2.45, 2.75) is 26.8 Å². The summed E-state index contributed by atoms with van der Waals surface area (Å²) in [6, 6.07) is 11.8. The van der Waals surface area contributed by atoms with Crippen LogP contribution in [0.2, 0.25) is 0 Å². The number of ether oxygens (including phenoxy) is 3. The molecule has 5 heteroatoms. The van der Waals surface area contributed by atoms with E-state index in [1.807, 2.05) is 50.2 Å². The van der Waals surface area contributed by atoms with Gasteiger partial charge in [0.05, 0.1) is 13.0 Å². The maximum absolute atomic E-state index is 12.3. The summed E-state index contributed by atoms with van der Waals surface area (Å²) in [7, 11) is 1.80. The second-order valence-electron chi connectivity index (χ2n) is 6.30. The van der Waals surface area contributed by atoms with E-state index in [4.69, 9.17) is 14.2 Å². The zero-order valence-electron chi connectivity index (χ0n) is 14.9. The number of nitrogens with zero attached hydrogens (tertiary/aromatic N) is 1. The van der Waals surface area contributed by atoms with Crippen LogP contribution in [-0.2, 0) is 11.3 Å². The highest BCUT2D eigenvalue weighted by molar-refractivity contribution is 5.76. The van der Waals surface area contributed by atoms with Gasteiger partial charge in [-0.3, -0.25) is 4.79 Å². The molecule has 1 heterocycles. The molecular formula is C20H23NO4. The topological polar surface area (TPSA) is 48.0 Å². The van der Waals surface area contributed by atoms with E-state index in [9.17, 15) is 4.79 Å². The molecule has 0 aromatic heterocycles. The molecule has 3 rings (SSSR count). The Bertz CT molecular complexity index is 772. The first-order valence-corrected chi connectivity index (χ1v) is 8.35. The van der Waals surface area contributed by atoms with Gasteiger partial charge in [0.25, 0.3) is 0 Å². The molecule has 0 aliphatic carbocycles. The summed E-state index contributed by atoms with van der Waals surface area (Å²) in [6.45, 7) is 5.18. The van der Waals surface area contributed by atoms with Crippen molar-refractivity contribution in [2.24, 2.45) is 0 Å². The van der Waals surface area contributed by atoms with Gasteiger partial charge >= 0.3 is 0 Å². The smallest absolute Gasteiger partial charge is 0.231 e. The molecule has 0 spiro atoms. The van der Waals surface area contributed by atoms with E-state index >= 15 is 0 Å². The Morgan fingerprint density at radius 3 is 2.76 bits per heavy atom. The molecule has 0 saturated carbocycles. The SMILES string of the molecule is Cc1ccc(C)c(OCCC(=O)N(C)Cc2ccc3c(c2)OCO3)c1. The Labute approximate surface area is 148 Å². The molecule has 1 amide bonds. The fourth-order valence-electron chi connectivity index (χ4n) is 2.70. The minimum absolute atomic E-state index is 0.0444. The van der Waals surface area contributed by atoms with Crippen LogP contribution in [0, 0.1) is 13.8 Å². The van der Waals surface area contributed by atoms with E-state index in [-0.39, 0.29) is 12.7 Å². The molecule has 0 N–H and O–H groups in total. The van der Waals surface area contributed by atoms with Crippen LogP contribution in [0.1, 0.15) is 23.1 Å². The third-order valence-electron chi connectivity index (χ3n) is 4.20. The molecule has 0 fully saturated rings. The van der Waals surface area contributed by atoms with Crippen LogP contribution in [0.25, 0.3) is 0 Å². The van der Waals surface area contributed by atoms with E-state index in [0.717, 1.165) is 33.9 Å². The number of fused-ring (bicyclic) bond motifs is 1. The summed E-state index contributed by atoms with van der Waals surface area (Å²) < 4.78 is 16.4. The third kappa shape index (κ3) is 4.24. The van der Waals surface area contributed by atoms with E-state index in [2.05, 4.69) is 0 Å². The molecule has 0 unspecified atom stereocenters. The molecule has 1 aliphatic heterocycles. The quantitative estimate of drug-likeness (QED) is 0.807. The average molecular weight is 341 g/mol. The lowest BCUT2D eigenvalue weighted by atomic mass is 10.1. The van der Waals surface area contributed by atoms with Crippen LogP contribution in [-0.4, -0.2) is 31.3 Å². The minimum Gasteiger partial charge on any atom is -0.493 e. The largest absolute Gasteiger partial charge is 0.493 e. The van der Waals surface area contributed by atoms with Gasteiger partial charge in [-0.1, -0.05) is 18.2 Å². The fraction of sp³-hybridized carbons (Fsp3) is 0.350. The van der Waals surface area contributed by atoms with E-state index in [0.29, 0.717) is 19.6 Å². The standard InChI is InChI=1S/C20H23NO4/c1-14-4-5-15(2)18(10-14)23-9-8-20(22)21(3)12-16-6-7-17-19(11-16)25-13-24-17/h4-7,10-11H,8-9,12-13H2,1-3H3. The molecule has 0 bridgehead atoms. The zero-order chi connectivity index (χ0) is 17.8. The van der Waals surface area contributed by atoms with E-state index < -0.39 is 0 Å². The van der Waals surface area contributed by atoms with Gasteiger partial charge in [-0.15, -0.1) is 0 Å². The molecule has 2 aromatic carbocycles. The van der Waals surface area contributed by atoms with Crippen LogP contribution in [0.5, 0.6) is 17.2 Å². The van der Waals surface area contributed by atoms with Crippen molar-refractivity contribution >= 4 is 5.91 Å². The van der Waals surface area contributed by atoms with Gasteiger partial charge in [0, 0.05) is 13.6 Å². The molecule has 0 radical (unpaired) electrons. The molecule has 0 atom stereocenters. The summed E-state index contributed by atoms with van der Waals surface area (Å²) in [6.07, 6.45) is 0.342. The van der Waals surface area contributed by atoms with Gasteiger partial charge in [0.15, 0.2) is 11.5 Å². The van der Waals surface area contributed by atoms with Crippen LogP contribution >= 0.6 is 0 Å². The molecule has 25 heavy (non-hydrogen) atoms. The highest BCUT2D eigenvalue weighted by Crippen LogP contribution is 2.32. The number of amides is 1. The lowest BCUT2D eigenvalue weighted by Crippen LogP contribution is -2.27. The highest BCUT2D eigenvalue weighted by atomic mass is 16.7. The van der Waals surface area contributed by atoms with Gasteiger partial charge in [-0.2, -0.15) is 0 Å². The molecule has 132 valence electrons. The summed E-state index contributed by atoms with van der Waals surface area (Å²) >= 11 is 0. The second-order valence-corrected chi connectivity index (χ2v) is 6.30. The summed E-state index contributed by atoms with van der Waals surface area (Å²) in [5.74, 6) is 2.37. The fourth-order valence-corrected chi connectivity index (χ4v) is 2.70.